The first kappa shape index (κ1) is 14.8. The van der Waals surface area contributed by atoms with E-state index >= 15 is 0 Å². The zero-order chi connectivity index (χ0) is 13.8. The van der Waals surface area contributed by atoms with Crippen molar-refractivity contribution in [1.29, 1.82) is 0 Å². The van der Waals surface area contributed by atoms with E-state index in [1.807, 2.05) is 0 Å². The molecule has 0 aromatic rings. The van der Waals surface area contributed by atoms with E-state index in [1.54, 1.807) is 0 Å². The molecule has 0 aromatic carbocycles. The van der Waals surface area contributed by atoms with E-state index in [-0.39, 0.29) is 0 Å². The van der Waals surface area contributed by atoms with Crippen molar-refractivity contribution in [2.24, 2.45) is 0 Å². The van der Waals surface area contributed by atoms with Crippen LogP contribution in [0, 0.1) is 0 Å². The predicted molar refractivity (Wildman–Crippen MR) is 83.1 cm³/mol. The number of piperidine rings is 1. The number of hydrogen-bond donors (Lipinski definition) is 1. The Kier molecular flexibility index (Phi) is 5.00. The minimum atomic E-state index is 0.306. The van der Waals surface area contributed by atoms with Gasteiger partial charge in [-0.1, -0.05) is 19.8 Å². The fraction of sp³-hybridized carbons (Fsp3) is 1.00. The molecule has 0 aromatic heterocycles. The highest BCUT2D eigenvalue weighted by atomic mass is 16.5. The molecule has 3 nitrogen and oxygen atoms in total. The van der Waals surface area contributed by atoms with Crippen molar-refractivity contribution in [3.8, 4) is 0 Å². The lowest BCUT2D eigenvalue weighted by molar-refractivity contribution is -0.0496. The zero-order valence-corrected chi connectivity index (χ0v) is 13.2. The highest BCUT2D eigenvalue weighted by molar-refractivity contribution is 4.94. The van der Waals surface area contributed by atoms with Crippen molar-refractivity contribution in [2.75, 3.05) is 26.2 Å². The average Bonchev–Trinajstić information content (AvgIpc) is 3.08. The maximum Gasteiger partial charge on any atom is 0.0710 e. The molecule has 2 heterocycles. The van der Waals surface area contributed by atoms with E-state index in [4.69, 9.17) is 4.74 Å². The summed E-state index contributed by atoms with van der Waals surface area (Å²) < 4.78 is 6.47. The van der Waals surface area contributed by atoms with E-state index in [9.17, 15) is 0 Å². The Balaban J connectivity index is 1.43. The summed E-state index contributed by atoms with van der Waals surface area (Å²) in [4.78, 5) is 2.65. The topological polar surface area (TPSA) is 24.5 Å². The van der Waals surface area contributed by atoms with Crippen LogP contribution in [0.1, 0.15) is 64.7 Å². The molecule has 2 saturated heterocycles. The third-order valence-electron chi connectivity index (χ3n) is 5.50. The van der Waals surface area contributed by atoms with Crippen LogP contribution in [-0.4, -0.2) is 48.8 Å². The van der Waals surface area contributed by atoms with E-state index in [2.05, 4.69) is 17.1 Å². The molecule has 2 atom stereocenters. The number of nitrogens with zero attached hydrogens (tertiary/aromatic N) is 1. The van der Waals surface area contributed by atoms with Crippen molar-refractivity contribution in [3.63, 3.8) is 0 Å². The second-order valence-electron chi connectivity index (χ2n) is 7.22. The van der Waals surface area contributed by atoms with Crippen LogP contribution in [0.2, 0.25) is 0 Å². The summed E-state index contributed by atoms with van der Waals surface area (Å²) in [5.74, 6) is 0. The lowest BCUT2D eigenvalue weighted by Crippen LogP contribution is -2.48. The highest BCUT2D eigenvalue weighted by Gasteiger charge is 2.42. The van der Waals surface area contributed by atoms with Gasteiger partial charge in [-0.05, 0) is 58.0 Å². The molecule has 0 radical (unpaired) electrons. The van der Waals surface area contributed by atoms with Gasteiger partial charge in [0.1, 0.15) is 0 Å². The van der Waals surface area contributed by atoms with Gasteiger partial charge in [0.2, 0.25) is 0 Å². The van der Waals surface area contributed by atoms with Crippen LogP contribution in [0.5, 0.6) is 0 Å². The molecule has 1 spiro atoms. The monoisotopic (exact) mass is 280 g/mol. The fourth-order valence-corrected chi connectivity index (χ4v) is 4.44. The van der Waals surface area contributed by atoms with Gasteiger partial charge in [-0.2, -0.15) is 0 Å². The summed E-state index contributed by atoms with van der Waals surface area (Å²) in [6.07, 6.45) is 12.5. The van der Waals surface area contributed by atoms with Gasteiger partial charge < -0.3 is 10.1 Å². The van der Waals surface area contributed by atoms with Crippen LogP contribution in [0.4, 0.5) is 0 Å². The molecule has 20 heavy (non-hydrogen) atoms. The van der Waals surface area contributed by atoms with E-state index < -0.39 is 0 Å². The van der Waals surface area contributed by atoms with Crippen LogP contribution in [0.3, 0.4) is 0 Å². The molecule has 3 aliphatic rings. The average molecular weight is 280 g/mol. The first-order valence-corrected chi connectivity index (χ1v) is 8.93. The first-order chi connectivity index (χ1) is 9.80. The predicted octanol–water partition coefficient (Wildman–Crippen LogP) is 2.94. The van der Waals surface area contributed by atoms with Crippen molar-refractivity contribution in [1.82, 2.24) is 10.2 Å². The number of hydrogen-bond acceptors (Lipinski definition) is 3. The van der Waals surface area contributed by atoms with Gasteiger partial charge in [-0.25, -0.2) is 0 Å². The lowest BCUT2D eigenvalue weighted by atomic mass is 9.98. The molecule has 3 heteroatoms. The van der Waals surface area contributed by atoms with Crippen molar-refractivity contribution in [2.45, 2.75) is 82.5 Å². The normalized spacial score (nSPS) is 34.0. The van der Waals surface area contributed by atoms with Gasteiger partial charge in [0, 0.05) is 19.1 Å². The van der Waals surface area contributed by atoms with Gasteiger partial charge in [-0.3, -0.25) is 4.90 Å². The minimum Gasteiger partial charge on any atom is -0.370 e. The summed E-state index contributed by atoms with van der Waals surface area (Å²) in [5, 5.41) is 3.69. The van der Waals surface area contributed by atoms with Gasteiger partial charge in [0.25, 0.3) is 0 Å². The summed E-state index contributed by atoms with van der Waals surface area (Å²) in [6.45, 7) is 7.10. The summed E-state index contributed by atoms with van der Waals surface area (Å²) in [6, 6.07) is 0.713. The van der Waals surface area contributed by atoms with Crippen LogP contribution < -0.4 is 5.32 Å². The van der Waals surface area contributed by atoms with Crippen LogP contribution in [0.15, 0.2) is 0 Å². The van der Waals surface area contributed by atoms with Gasteiger partial charge in [0.05, 0.1) is 11.7 Å². The second-order valence-corrected chi connectivity index (χ2v) is 7.22. The molecule has 1 saturated carbocycles. The van der Waals surface area contributed by atoms with Gasteiger partial charge >= 0.3 is 0 Å². The van der Waals surface area contributed by atoms with E-state index in [0.29, 0.717) is 17.7 Å². The smallest absolute Gasteiger partial charge is 0.0710 e. The molecule has 2 aliphatic heterocycles. The Morgan fingerprint density at radius 1 is 1.15 bits per heavy atom. The SMILES string of the molecule is CCCNC1CCCN(CC2CCC3(CCCC3)O2)C1. The maximum absolute atomic E-state index is 6.47. The standard InChI is InChI=1S/C17H32N2O/c1-2-11-18-15-6-5-12-19(13-15)14-16-7-10-17(20-16)8-3-4-9-17/h15-16,18H,2-14H2,1H3. The van der Waals surface area contributed by atoms with Gasteiger partial charge in [0.15, 0.2) is 0 Å². The van der Waals surface area contributed by atoms with Crippen molar-refractivity contribution in [3.05, 3.63) is 0 Å². The molecule has 3 fully saturated rings. The zero-order valence-electron chi connectivity index (χ0n) is 13.2. The fourth-order valence-electron chi connectivity index (χ4n) is 4.44. The molecule has 116 valence electrons. The molecular weight excluding hydrogens is 248 g/mol. The summed E-state index contributed by atoms with van der Waals surface area (Å²) in [5.41, 5.74) is 0.306. The number of rotatable bonds is 5. The Labute approximate surface area is 124 Å². The Morgan fingerprint density at radius 2 is 2.00 bits per heavy atom. The molecular formula is C17H32N2O. The summed E-state index contributed by atoms with van der Waals surface area (Å²) in [7, 11) is 0. The van der Waals surface area contributed by atoms with Crippen molar-refractivity contribution >= 4 is 0 Å². The Morgan fingerprint density at radius 3 is 2.80 bits per heavy atom. The lowest BCUT2D eigenvalue weighted by Gasteiger charge is -2.35. The number of likely N-dealkylation sites (tertiary alicyclic amines) is 1. The number of ether oxygens (including phenoxy) is 1. The van der Waals surface area contributed by atoms with E-state index in [1.165, 1.54) is 84.0 Å². The quantitative estimate of drug-likeness (QED) is 0.838. The van der Waals surface area contributed by atoms with Crippen molar-refractivity contribution < 1.29 is 4.74 Å². The maximum atomic E-state index is 6.47. The largest absolute Gasteiger partial charge is 0.370 e. The molecule has 0 bridgehead atoms. The molecule has 3 rings (SSSR count). The molecule has 2 unspecified atom stereocenters. The first-order valence-electron chi connectivity index (χ1n) is 8.93. The third-order valence-corrected chi connectivity index (χ3v) is 5.50. The summed E-state index contributed by atoms with van der Waals surface area (Å²) >= 11 is 0. The van der Waals surface area contributed by atoms with Gasteiger partial charge in [-0.15, -0.1) is 0 Å². The Bertz CT molecular complexity index is 301. The van der Waals surface area contributed by atoms with Crippen LogP contribution >= 0.6 is 0 Å². The minimum absolute atomic E-state index is 0.306. The highest BCUT2D eigenvalue weighted by Crippen LogP contribution is 2.43. The van der Waals surface area contributed by atoms with Crippen LogP contribution in [-0.2, 0) is 4.74 Å². The molecule has 1 aliphatic carbocycles. The Hall–Kier alpha value is -0.120. The van der Waals surface area contributed by atoms with Crippen LogP contribution in [0.25, 0.3) is 0 Å². The number of nitrogens with one attached hydrogen (secondary N) is 1. The molecule has 0 amide bonds. The van der Waals surface area contributed by atoms with E-state index in [0.717, 1.165) is 0 Å². The third kappa shape index (κ3) is 3.55. The second kappa shape index (κ2) is 6.76. The molecule has 1 N–H and O–H groups in total.